The second-order valence-corrected chi connectivity index (χ2v) is 7.64. The topological polar surface area (TPSA) is 104 Å². The number of phenols is 1. The van der Waals surface area contributed by atoms with Crippen LogP contribution in [-0.2, 0) is 25.5 Å². The average Bonchev–Trinajstić information content (AvgIpc) is 3.22. The Morgan fingerprint density at radius 3 is 2.24 bits per heavy atom. The highest BCUT2D eigenvalue weighted by Gasteiger charge is 2.12. The Bertz CT molecular complexity index is 1310. The fourth-order valence-electron chi connectivity index (χ4n) is 3.33. The van der Waals surface area contributed by atoms with Crippen LogP contribution in [0.1, 0.15) is 18.9 Å². The average molecular weight is 445 g/mol. The predicted molar refractivity (Wildman–Crippen MR) is 123 cm³/mol. The number of fused-ring (bicyclic) bond motifs is 2. The first-order valence-electron chi connectivity index (χ1n) is 10.5. The quantitative estimate of drug-likeness (QED) is 0.249. The van der Waals surface area contributed by atoms with Crippen LogP contribution in [0.15, 0.2) is 66.7 Å². The van der Waals surface area contributed by atoms with Crippen LogP contribution < -0.4 is 0 Å². The molecule has 1 heterocycles. The molecule has 0 atom stereocenters. The highest BCUT2D eigenvalue weighted by atomic mass is 16.6. The molecule has 1 aromatic heterocycles. The zero-order valence-corrected chi connectivity index (χ0v) is 18.2. The van der Waals surface area contributed by atoms with Crippen molar-refractivity contribution >= 4 is 33.7 Å². The number of aromatic nitrogens is 3. The van der Waals surface area contributed by atoms with Gasteiger partial charge in [-0.15, -0.1) is 15.0 Å². The van der Waals surface area contributed by atoms with E-state index in [0.29, 0.717) is 12.1 Å². The molecule has 0 bridgehead atoms. The maximum Gasteiger partial charge on any atom is 0.333 e. The van der Waals surface area contributed by atoms with Crippen molar-refractivity contribution in [2.45, 2.75) is 19.8 Å². The summed E-state index contributed by atoms with van der Waals surface area (Å²) in [5.41, 5.74) is 2.97. The number of esters is 2. The maximum atomic E-state index is 12.0. The summed E-state index contributed by atoms with van der Waals surface area (Å²) in [5, 5.41) is 21.5. The number of benzene rings is 3. The zero-order chi connectivity index (χ0) is 23.4. The van der Waals surface area contributed by atoms with E-state index >= 15 is 0 Å². The first-order chi connectivity index (χ1) is 15.9. The highest BCUT2D eigenvalue weighted by Crippen LogP contribution is 2.25. The fraction of sp³-hybridized carbons (Fsp3) is 0.200. The Balaban J connectivity index is 1.41. The van der Waals surface area contributed by atoms with Crippen LogP contribution in [0.25, 0.3) is 27.5 Å². The fourth-order valence-corrected chi connectivity index (χ4v) is 3.33. The normalized spacial score (nSPS) is 10.9. The molecule has 0 radical (unpaired) electrons. The van der Waals surface area contributed by atoms with Crippen molar-refractivity contribution in [3.63, 3.8) is 0 Å². The molecule has 0 saturated heterocycles. The van der Waals surface area contributed by atoms with Crippen molar-refractivity contribution in [2.24, 2.45) is 0 Å². The molecule has 0 aliphatic rings. The van der Waals surface area contributed by atoms with Gasteiger partial charge in [0.05, 0.1) is 0 Å². The van der Waals surface area contributed by atoms with Gasteiger partial charge in [0, 0.05) is 12.0 Å². The van der Waals surface area contributed by atoms with E-state index in [1.807, 2.05) is 36.4 Å². The second-order valence-electron chi connectivity index (χ2n) is 7.64. The van der Waals surface area contributed by atoms with E-state index < -0.39 is 11.9 Å². The van der Waals surface area contributed by atoms with E-state index in [1.54, 1.807) is 25.1 Å². The van der Waals surface area contributed by atoms with Gasteiger partial charge < -0.3 is 14.6 Å². The van der Waals surface area contributed by atoms with Crippen LogP contribution in [-0.4, -0.2) is 45.3 Å². The van der Waals surface area contributed by atoms with Gasteiger partial charge >= 0.3 is 11.9 Å². The van der Waals surface area contributed by atoms with Gasteiger partial charge in [0.1, 0.15) is 35.7 Å². The van der Waals surface area contributed by atoms with E-state index in [1.165, 1.54) is 4.80 Å². The standard InChI is InChI=1S/C25H23N3O5/c1-16(2)25(31)33-12-11-32-24(30)10-8-17-7-9-23(29)22(13-17)28-26-20-14-18-5-3-4-6-19(18)15-21(20)27-28/h3-7,9,13-15,29H,1,8,10-12H2,2H3. The molecule has 0 fully saturated rings. The molecule has 0 aliphatic carbocycles. The molecule has 8 heteroatoms. The molecule has 0 amide bonds. The van der Waals surface area contributed by atoms with E-state index in [0.717, 1.165) is 27.4 Å². The summed E-state index contributed by atoms with van der Waals surface area (Å²) in [4.78, 5) is 24.7. The van der Waals surface area contributed by atoms with Gasteiger partial charge in [-0.25, -0.2) is 4.79 Å². The van der Waals surface area contributed by atoms with Gasteiger partial charge in [-0.05, 0) is 53.9 Å². The van der Waals surface area contributed by atoms with Gasteiger partial charge in [0.2, 0.25) is 0 Å². The number of nitrogens with zero attached hydrogens (tertiary/aromatic N) is 3. The van der Waals surface area contributed by atoms with Crippen LogP contribution in [0.5, 0.6) is 5.75 Å². The van der Waals surface area contributed by atoms with Crippen LogP contribution in [0.4, 0.5) is 0 Å². The van der Waals surface area contributed by atoms with Gasteiger partial charge in [0.25, 0.3) is 0 Å². The van der Waals surface area contributed by atoms with Crippen LogP contribution in [0, 0.1) is 0 Å². The number of aromatic hydroxyl groups is 1. The molecule has 1 N–H and O–H groups in total. The van der Waals surface area contributed by atoms with Crippen molar-refractivity contribution in [1.29, 1.82) is 0 Å². The molecule has 0 spiro atoms. The summed E-state index contributed by atoms with van der Waals surface area (Å²) in [6.07, 6.45) is 0.543. The van der Waals surface area contributed by atoms with Gasteiger partial charge in [-0.1, -0.05) is 36.9 Å². The number of rotatable bonds is 8. The molecule has 33 heavy (non-hydrogen) atoms. The first kappa shape index (κ1) is 22.0. The highest BCUT2D eigenvalue weighted by molar-refractivity contribution is 5.94. The monoisotopic (exact) mass is 445 g/mol. The lowest BCUT2D eigenvalue weighted by molar-refractivity contribution is -0.150. The van der Waals surface area contributed by atoms with Gasteiger partial charge in [0.15, 0.2) is 0 Å². The summed E-state index contributed by atoms with van der Waals surface area (Å²) >= 11 is 0. The number of phenolic OH excluding ortho intramolecular Hbond substituents is 1. The van der Waals surface area contributed by atoms with Crippen LogP contribution in [0.3, 0.4) is 0 Å². The zero-order valence-electron chi connectivity index (χ0n) is 18.2. The first-order valence-corrected chi connectivity index (χ1v) is 10.5. The van der Waals surface area contributed by atoms with E-state index in [2.05, 4.69) is 16.8 Å². The lowest BCUT2D eigenvalue weighted by Gasteiger charge is -2.08. The van der Waals surface area contributed by atoms with Crippen molar-refractivity contribution < 1.29 is 24.2 Å². The van der Waals surface area contributed by atoms with Crippen molar-refractivity contribution in [1.82, 2.24) is 15.0 Å². The number of carbonyl (C=O) groups is 2. The summed E-state index contributed by atoms with van der Waals surface area (Å²) < 4.78 is 9.97. The number of ether oxygens (including phenoxy) is 2. The third-order valence-corrected chi connectivity index (χ3v) is 5.05. The summed E-state index contributed by atoms with van der Waals surface area (Å²) in [6, 6.07) is 16.9. The van der Waals surface area contributed by atoms with E-state index in [-0.39, 0.29) is 31.0 Å². The molecular weight excluding hydrogens is 422 g/mol. The number of aryl methyl sites for hydroxylation is 1. The predicted octanol–water partition coefficient (Wildman–Crippen LogP) is 3.87. The SMILES string of the molecule is C=C(C)C(=O)OCCOC(=O)CCc1ccc(O)c(-n2nc3cc4ccccc4cc3n2)c1. The molecule has 4 aromatic rings. The number of carbonyl (C=O) groups excluding carboxylic acids is 2. The van der Waals surface area contributed by atoms with Crippen LogP contribution in [0.2, 0.25) is 0 Å². The summed E-state index contributed by atoms with van der Waals surface area (Å²) in [7, 11) is 0. The van der Waals surface area contributed by atoms with Crippen LogP contribution >= 0.6 is 0 Å². The largest absolute Gasteiger partial charge is 0.506 e. The lowest BCUT2D eigenvalue weighted by atomic mass is 10.1. The maximum absolute atomic E-state index is 12.0. The van der Waals surface area contributed by atoms with Gasteiger partial charge in [-0.3, -0.25) is 4.79 Å². The number of hydrogen-bond acceptors (Lipinski definition) is 7. The Kier molecular flexibility index (Phi) is 6.35. The minimum atomic E-state index is -0.518. The molecule has 3 aromatic carbocycles. The van der Waals surface area contributed by atoms with E-state index in [4.69, 9.17) is 9.47 Å². The molecule has 0 aliphatic heterocycles. The van der Waals surface area contributed by atoms with Crippen molar-refractivity contribution in [2.75, 3.05) is 13.2 Å². The Morgan fingerprint density at radius 1 is 0.970 bits per heavy atom. The summed E-state index contributed by atoms with van der Waals surface area (Å²) in [6.45, 7) is 4.99. The molecule has 4 rings (SSSR count). The van der Waals surface area contributed by atoms with Crippen molar-refractivity contribution in [3.8, 4) is 11.4 Å². The van der Waals surface area contributed by atoms with Crippen molar-refractivity contribution in [3.05, 3.63) is 72.3 Å². The molecule has 168 valence electrons. The summed E-state index contributed by atoms with van der Waals surface area (Å²) in [5.74, 6) is -0.896. The molecular formula is C25H23N3O5. The second kappa shape index (κ2) is 9.52. The minimum Gasteiger partial charge on any atom is -0.506 e. The molecule has 8 nitrogen and oxygen atoms in total. The lowest BCUT2D eigenvalue weighted by Crippen LogP contribution is -2.14. The minimum absolute atomic E-state index is 0.0170. The third kappa shape index (κ3) is 5.17. The Labute approximate surface area is 190 Å². The smallest absolute Gasteiger partial charge is 0.333 e. The van der Waals surface area contributed by atoms with E-state index in [9.17, 15) is 14.7 Å². The Morgan fingerprint density at radius 2 is 1.61 bits per heavy atom. The van der Waals surface area contributed by atoms with Gasteiger partial charge in [-0.2, -0.15) is 0 Å². The third-order valence-electron chi connectivity index (χ3n) is 5.05. The molecule has 0 saturated carbocycles. The number of hydrogen-bond donors (Lipinski definition) is 1. The Hall–Kier alpha value is -4.20. The molecule has 0 unspecified atom stereocenters.